The fourth-order valence-electron chi connectivity index (χ4n) is 4.28. The molecule has 3 rings (SSSR count). The third kappa shape index (κ3) is 5.44. The van der Waals surface area contributed by atoms with Gasteiger partial charge in [-0.1, -0.05) is 43.7 Å². The number of ether oxygens (including phenoxy) is 1. The number of benzene rings is 1. The van der Waals surface area contributed by atoms with Crippen molar-refractivity contribution in [1.29, 1.82) is 0 Å². The minimum atomic E-state index is -3.85. The zero-order valence-corrected chi connectivity index (χ0v) is 18.7. The maximum Gasteiger partial charge on any atom is 0.243 e. The van der Waals surface area contributed by atoms with Gasteiger partial charge in [-0.2, -0.15) is 4.31 Å². The van der Waals surface area contributed by atoms with Crippen LogP contribution in [0.3, 0.4) is 0 Å². The van der Waals surface area contributed by atoms with Crippen molar-refractivity contribution in [1.82, 2.24) is 9.21 Å². The third-order valence-corrected chi connectivity index (χ3v) is 8.15. The van der Waals surface area contributed by atoms with E-state index in [1.165, 1.54) is 23.5 Å². The van der Waals surface area contributed by atoms with E-state index >= 15 is 0 Å². The molecule has 1 saturated carbocycles. The second-order valence-corrected chi connectivity index (χ2v) is 10.2. The Balaban J connectivity index is 1.87. The summed E-state index contributed by atoms with van der Waals surface area (Å²) in [5.41, 5.74) is 0. The van der Waals surface area contributed by atoms with Crippen molar-refractivity contribution in [2.75, 3.05) is 26.7 Å². The molecule has 1 aromatic rings. The molecular formula is C21H31ClN2O4S. The van der Waals surface area contributed by atoms with E-state index < -0.39 is 10.0 Å². The fourth-order valence-corrected chi connectivity index (χ4v) is 6.26. The summed E-state index contributed by atoms with van der Waals surface area (Å²) >= 11 is 6.19. The van der Waals surface area contributed by atoms with E-state index in [0.717, 1.165) is 57.8 Å². The predicted octanol–water partition coefficient (Wildman–Crippen LogP) is 4.07. The molecule has 29 heavy (non-hydrogen) atoms. The molecule has 1 aliphatic carbocycles. The second-order valence-electron chi connectivity index (χ2n) is 7.93. The number of hydrogen-bond donors (Lipinski definition) is 0. The van der Waals surface area contributed by atoms with Crippen LogP contribution in [-0.4, -0.2) is 56.3 Å². The van der Waals surface area contributed by atoms with Gasteiger partial charge >= 0.3 is 0 Å². The van der Waals surface area contributed by atoms with Gasteiger partial charge in [-0.15, -0.1) is 0 Å². The Morgan fingerprint density at radius 2 is 1.72 bits per heavy atom. The number of likely N-dealkylation sites (tertiary alicyclic amines) is 1. The van der Waals surface area contributed by atoms with Crippen LogP contribution in [0.1, 0.15) is 57.8 Å². The minimum absolute atomic E-state index is 0.0966. The first-order valence-corrected chi connectivity index (χ1v) is 12.4. The molecule has 2 aliphatic rings. The van der Waals surface area contributed by atoms with Crippen LogP contribution in [-0.2, 0) is 14.8 Å². The highest BCUT2D eigenvalue weighted by Gasteiger charge is 2.35. The van der Waals surface area contributed by atoms with Gasteiger partial charge in [-0.3, -0.25) is 4.79 Å². The molecule has 1 aliphatic heterocycles. The van der Waals surface area contributed by atoms with Crippen molar-refractivity contribution >= 4 is 27.5 Å². The van der Waals surface area contributed by atoms with Gasteiger partial charge < -0.3 is 9.64 Å². The summed E-state index contributed by atoms with van der Waals surface area (Å²) in [5, 5.41) is 0.246. The highest BCUT2D eigenvalue weighted by Crippen LogP contribution is 2.32. The number of hydrogen-bond acceptors (Lipinski definition) is 4. The molecular weight excluding hydrogens is 412 g/mol. The predicted molar refractivity (Wildman–Crippen MR) is 114 cm³/mol. The summed E-state index contributed by atoms with van der Waals surface area (Å²) in [6.07, 6.45) is 8.87. The third-order valence-electron chi connectivity index (χ3n) is 5.96. The van der Waals surface area contributed by atoms with Crippen molar-refractivity contribution in [3.63, 3.8) is 0 Å². The minimum Gasteiger partial charge on any atom is -0.495 e. The van der Waals surface area contributed by atoms with Gasteiger partial charge in [0.2, 0.25) is 15.9 Å². The van der Waals surface area contributed by atoms with E-state index in [0.29, 0.717) is 18.8 Å². The lowest BCUT2D eigenvalue weighted by Crippen LogP contribution is -2.48. The molecule has 1 aromatic carbocycles. The van der Waals surface area contributed by atoms with Crippen LogP contribution in [0.25, 0.3) is 0 Å². The van der Waals surface area contributed by atoms with Gasteiger partial charge in [0.15, 0.2) is 0 Å². The standard InChI is InChI=1S/C21H31ClN2O4S/c1-28-20-12-11-18(15-19(20)22)29(26,27)24(17-9-5-4-6-10-17)16-21(25)23-13-7-2-3-8-14-23/h11-12,15,17H,2-10,13-14,16H2,1H3. The Bertz CT molecular complexity index is 801. The molecule has 162 valence electrons. The molecule has 1 heterocycles. The van der Waals surface area contributed by atoms with E-state index in [1.807, 2.05) is 4.90 Å². The zero-order valence-electron chi connectivity index (χ0n) is 17.1. The molecule has 0 atom stereocenters. The Kier molecular flexibility index (Phi) is 7.82. The lowest BCUT2D eigenvalue weighted by molar-refractivity contribution is -0.131. The topological polar surface area (TPSA) is 66.9 Å². The largest absolute Gasteiger partial charge is 0.495 e. The summed E-state index contributed by atoms with van der Waals surface area (Å²) in [6, 6.07) is 4.34. The Morgan fingerprint density at radius 3 is 2.31 bits per heavy atom. The van der Waals surface area contributed by atoms with Gasteiger partial charge in [-0.05, 0) is 43.9 Å². The van der Waals surface area contributed by atoms with E-state index in [1.54, 1.807) is 6.07 Å². The van der Waals surface area contributed by atoms with Crippen molar-refractivity contribution in [3.05, 3.63) is 23.2 Å². The average Bonchev–Trinajstić information content (AvgIpc) is 3.02. The van der Waals surface area contributed by atoms with Gasteiger partial charge in [-0.25, -0.2) is 8.42 Å². The lowest BCUT2D eigenvalue weighted by Gasteiger charge is -2.34. The molecule has 0 unspecified atom stereocenters. The van der Waals surface area contributed by atoms with Crippen LogP contribution in [0.4, 0.5) is 0 Å². The van der Waals surface area contributed by atoms with Gasteiger partial charge in [0.05, 0.1) is 23.6 Å². The summed E-state index contributed by atoms with van der Waals surface area (Å²) in [5.74, 6) is 0.330. The van der Waals surface area contributed by atoms with Crippen molar-refractivity contribution < 1.29 is 17.9 Å². The summed E-state index contributed by atoms with van der Waals surface area (Å²) in [6.45, 7) is 1.33. The van der Waals surface area contributed by atoms with Gasteiger partial charge in [0.1, 0.15) is 5.75 Å². The van der Waals surface area contributed by atoms with Crippen LogP contribution in [0, 0.1) is 0 Å². The fraction of sp³-hybridized carbons (Fsp3) is 0.667. The maximum absolute atomic E-state index is 13.5. The number of methoxy groups -OCH3 is 1. The van der Waals surface area contributed by atoms with E-state index in [4.69, 9.17) is 16.3 Å². The second kappa shape index (κ2) is 10.1. The smallest absolute Gasteiger partial charge is 0.243 e. The van der Waals surface area contributed by atoms with Gasteiger partial charge in [0.25, 0.3) is 0 Å². The first-order valence-electron chi connectivity index (χ1n) is 10.6. The van der Waals surface area contributed by atoms with Crippen LogP contribution in [0.5, 0.6) is 5.75 Å². The lowest BCUT2D eigenvalue weighted by atomic mass is 9.95. The highest BCUT2D eigenvalue weighted by molar-refractivity contribution is 7.89. The van der Waals surface area contributed by atoms with Gasteiger partial charge in [0, 0.05) is 19.1 Å². The van der Waals surface area contributed by atoms with Crippen LogP contribution < -0.4 is 4.74 Å². The number of rotatable bonds is 6. The molecule has 2 fully saturated rings. The van der Waals surface area contributed by atoms with Crippen LogP contribution in [0.15, 0.2) is 23.1 Å². The molecule has 0 spiro atoms. The molecule has 6 nitrogen and oxygen atoms in total. The number of sulfonamides is 1. The SMILES string of the molecule is COc1ccc(S(=O)(=O)N(CC(=O)N2CCCCCC2)C2CCCCC2)cc1Cl. The number of halogens is 1. The number of amides is 1. The molecule has 0 bridgehead atoms. The van der Waals surface area contributed by atoms with Crippen molar-refractivity contribution in [2.24, 2.45) is 0 Å². The molecule has 8 heteroatoms. The summed E-state index contributed by atoms with van der Waals surface area (Å²) in [7, 11) is -2.36. The average molecular weight is 443 g/mol. The number of carbonyl (C=O) groups is 1. The molecule has 0 N–H and O–H groups in total. The molecule has 0 aromatic heterocycles. The van der Waals surface area contributed by atoms with E-state index in [9.17, 15) is 13.2 Å². The number of nitrogens with zero attached hydrogens (tertiary/aromatic N) is 2. The first-order chi connectivity index (χ1) is 13.9. The monoisotopic (exact) mass is 442 g/mol. The maximum atomic E-state index is 13.5. The zero-order chi connectivity index (χ0) is 20.9. The first kappa shape index (κ1) is 22.4. The Labute approximate surface area is 179 Å². The molecule has 1 amide bonds. The van der Waals surface area contributed by atoms with Crippen LogP contribution in [0.2, 0.25) is 5.02 Å². The van der Waals surface area contributed by atoms with Crippen molar-refractivity contribution in [2.45, 2.75) is 68.7 Å². The van der Waals surface area contributed by atoms with Crippen LogP contribution >= 0.6 is 11.6 Å². The van der Waals surface area contributed by atoms with E-state index in [2.05, 4.69) is 0 Å². The number of carbonyl (C=O) groups excluding carboxylic acids is 1. The summed E-state index contributed by atoms with van der Waals surface area (Å²) in [4.78, 5) is 15.0. The van der Waals surface area contributed by atoms with E-state index in [-0.39, 0.29) is 28.4 Å². The highest BCUT2D eigenvalue weighted by atomic mass is 35.5. The summed E-state index contributed by atoms with van der Waals surface area (Å²) < 4.78 is 33.6. The van der Waals surface area contributed by atoms with Crippen molar-refractivity contribution in [3.8, 4) is 5.75 Å². The molecule has 1 saturated heterocycles. The Hall–Kier alpha value is -1.31. The normalized spacial score (nSPS) is 19.2. The Morgan fingerprint density at radius 1 is 1.10 bits per heavy atom. The molecule has 0 radical (unpaired) electrons. The quantitative estimate of drug-likeness (QED) is 0.665.